The van der Waals surface area contributed by atoms with Crippen LogP contribution in [0.4, 0.5) is 51.2 Å². The van der Waals surface area contributed by atoms with E-state index in [4.69, 9.17) is 0 Å². The molecule has 0 aliphatic carbocycles. The van der Waals surface area contributed by atoms with E-state index in [0.717, 1.165) is 28.4 Å². The summed E-state index contributed by atoms with van der Waals surface area (Å²) in [5.74, 6) is 0. The molecule has 0 saturated heterocycles. The molecule has 0 bridgehead atoms. The Bertz CT molecular complexity index is 3360. The van der Waals surface area contributed by atoms with Crippen LogP contribution in [0.2, 0.25) is 0 Å². The molecular formula is C54H35BN4. The van der Waals surface area contributed by atoms with Crippen LogP contribution in [-0.4, -0.2) is 11.1 Å². The highest BCUT2D eigenvalue weighted by molar-refractivity contribution is 7.02. The molecule has 0 unspecified atom stereocenters. The summed E-state index contributed by atoms with van der Waals surface area (Å²) in [7, 11) is 0. The van der Waals surface area contributed by atoms with E-state index in [9.17, 15) is 0 Å². The molecule has 0 amide bonds. The van der Waals surface area contributed by atoms with E-state index in [1.54, 1.807) is 0 Å². The molecule has 274 valence electrons. The number of hydrogen-bond donors (Lipinski definition) is 0. The lowest BCUT2D eigenvalue weighted by Gasteiger charge is -2.45. The normalized spacial score (nSPS) is 13.0. The van der Waals surface area contributed by atoms with Gasteiger partial charge in [0.15, 0.2) is 0 Å². The average Bonchev–Trinajstić information content (AvgIpc) is 3.82. The second-order valence-electron chi connectivity index (χ2n) is 15.7. The van der Waals surface area contributed by atoms with Crippen LogP contribution in [0.3, 0.4) is 0 Å². The van der Waals surface area contributed by atoms with E-state index in [-0.39, 0.29) is 6.71 Å². The highest BCUT2D eigenvalue weighted by atomic mass is 15.2. The molecule has 4 heterocycles. The first kappa shape index (κ1) is 32.3. The molecule has 9 aromatic carbocycles. The zero-order chi connectivity index (χ0) is 38.6. The monoisotopic (exact) mass is 750 g/mol. The molecule has 13 rings (SSSR count). The Morgan fingerprint density at radius 3 is 1.46 bits per heavy atom. The fraction of sp³-hybridized carbons (Fsp3) is 0. The van der Waals surface area contributed by atoms with Gasteiger partial charge >= 0.3 is 0 Å². The largest absolute Gasteiger partial charge is 0.311 e. The van der Waals surface area contributed by atoms with Crippen LogP contribution >= 0.6 is 0 Å². The number of benzene rings is 9. The number of aromatic nitrogens is 1. The van der Waals surface area contributed by atoms with E-state index in [2.05, 4.69) is 231 Å². The van der Waals surface area contributed by atoms with Crippen molar-refractivity contribution in [3.63, 3.8) is 0 Å². The number of nitrogens with zero attached hydrogens (tertiary/aromatic N) is 4. The quantitative estimate of drug-likeness (QED) is 0.163. The average molecular weight is 751 g/mol. The molecule has 0 atom stereocenters. The van der Waals surface area contributed by atoms with Crippen LogP contribution in [0.25, 0.3) is 38.1 Å². The Balaban J connectivity index is 1.23. The molecule has 0 radical (unpaired) electrons. The summed E-state index contributed by atoms with van der Waals surface area (Å²) in [6, 6.07) is 77.9. The van der Waals surface area contributed by atoms with E-state index in [1.165, 1.54) is 77.2 Å². The molecule has 2 aromatic heterocycles. The summed E-state index contributed by atoms with van der Waals surface area (Å²) >= 11 is 0. The lowest BCUT2D eigenvalue weighted by atomic mass is 9.33. The van der Waals surface area contributed by atoms with Crippen molar-refractivity contribution < 1.29 is 0 Å². The van der Waals surface area contributed by atoms with Gasteiger partial charge in [-0.15, -0.1) is 0 Å². The van der Waals surface area contributed by atoms with Gasteiger partial charge in [0, 0.05) is 67.0 Å². The molecule has 2 aliphatic rings. The predicted octanol–water partition coefficient (Wildman–Crippen LogP) is 12.4. The second-order valence-corrected chi connectivity index (χ2v) is 15.7. The zero-order valence-electron chi connectivity index (χ0n) is 32.1. The van der Waals surface area contributed by atoms with Crippen molar-refractivity contribution in [2.24, 2.45) is 0 Å². The maximum absolute atomic E-state index is 2.56. The van der Waals surface area contributed by atoms with Gasteiger partial charge in [0.05, 0.1) is 22.2 Å². The third-order valence-electron chi connectivity index (χ3n) is 12.6. The van der Waals surface area contributed by atoms with E-state index < -0.39 is 0 Å². The fourth-order valence-corrected chi connectivity index (χ4v) is 10.4. The summed E-state index contributed by atoms with van der Waals surface area (Å²) in [5.41, 5.74) is 18.0. The number of hydrogen-bond acceptors (Lipinski definition) is 3. The van der Waals surface area contributed by atoms with Gasteiger partial charge in [0.2, 0.25) is 0 Å². The Morgan fingerprint density at radius 1 is 0.356 bits per heavy atom. The molecular weight excluding hydrogens is 715 g/mol. The Hall–Kier alpha value is -7.76. The lowest BCUT2D eigenvalue weighted by molar-refractivity contribution is 1.23. The number of fused-ring (bicyclic) bond motifs is 11. The molecule has 0 N–H and O–H groups in total. The van der Waals surface area contributed by atoms with Crippen LogP contribution in [0.15, 0.2) is 212 Å². The van der Waals surface area contributed by atoms with Crippen molar-refractivity contribution in [1.82, 2.24) is 4.40 Å². The van der Waals surface area contributed by atoms with Crippen molar-refractivity contribution in [3.05, 3.63) is 212 Å². The number of para-hydroxylation sites is 7. The van der Waals surface area contributed by atoms with E-state index in [0.29, 0.717) is 0 Å². The first-order valence-corrected chi connectivity index (χ1v) is 20.4. The smallest absolute Gasteiger partial charge is 0.253 e. The van der Waals surface area contributed by atoms with Crippen molar-refractivity contribution in [2.75, 3.05) is 14.7 Å². The van der Waals surface area contributed by atoms with Gasteiger partial charge in [0.25, 0.3) is 6.71 Å². The summed E-state index contributed by atoms with van der Waals surface area (Å²) < 4.78 is 2.52. The number of anilines is 9. The third-order valence-corrected chi connectivity index (χ3v) is 12.6. The molecule has 2 aliphatic heterocycles. The van der Waals surface area contributed by atoms with Crippen LogP contribution in [0, 0.1) is 0 Å². The van der Waals surface area contributed by atoms with E-state index >= 15 is 0 Å². The van der Waals surface area contributed by atoms with Gasteiger partial charge in [-0.2, -0.15) is 0 Å². The van der Waals surface area contributed by atoms with Crippen LogP contribution in [0.5, 0.6) is 0 Å². The molecule has 0 fully saturated rings. The van der Waals surface area contributed by atoms with Crippen molar-refractivity contribution in [1.29, 1.82) is 0 Å². The molecule has 11 aromatic rings. The first-order valence-electron chi connectivity index (χ1n) is 20.4. The summed E-state index contributed by atoms with van der Waals surface area (Å²) in [6.45, 7) is -0.0425. The Morgan fingerprint density at radius 2 is 0.831 bits per heavy atom. The molecule has 4 nitrogen and oxygen atoms in total. The summed E-state index contributed by atoms with van der Waals surface area (Å²) in [4.78, 5) is 7.46. The maximum atomic E-state index is 2.56. The van der Waals surface area contributed by atoms with Crippen LogP contribution in [0.1, 0.15) is 0 Å². The van der Waals surface area contributed by atoms with Crippen LogP contribution < -0.4 is 31.1 Å². The minimum Gasteiger partial charge on any atom is -0.311 e. The SMILES string of the molecule is c1ccc(N(c2ccccc2)c2cc3c4c(c2)N(c2ccccc2)c2cc5c6ccccc6n6c7ccccc7c(c2B4c2ccccc2N3c2ccccc2)c56)cc1. The fourth-order valence-electron chi connectivity index (χ4n) is 10.4. The van der Waals surface area contributed by atoms with Gasteiger partial charge in [-0.3, -0.25) is 0 Å². The topological polar surface area (TPSA) is 14.1 Å². The third kappa shape index (κ3) is 4.50. The molecule has 59 heavy (non-hydrogen) atoms. The molecule has 0 spiro atoms. The number of rotatable bonds is 5. The second kappa shape index (κ2) is 12.4. The highest BCUT2D eigenvalue weighted by Crippen LogP contribution is 2.50. The van der Waals surface area contributed by atoms with Gasteiger partial charge in [0.1, 0.15) is 0 Å². The lowest BCUT2D eigenvalue weighted by Crippen LogP contribution is -2.61. The van der Waals surface area contributed by atoms with E-state index in [1.807, 2.05) is 0 Å². The highest BCUT2D eigenvalue weighted by Gasteiger charge is 2.45. The standard InChI is InChI=1S/C54H35BN4/c1-5-19-36(20-6-1)56(37-21-7-2-8-22-37)40-33-48-52-49(34-40)58(39-25-11-4-12-26-39)50-35-43-41-27-13-16-30-45(41)59-46-31-17-14-28-42(46)51(54(43)59)53(50)55(52)44-29-15-18-32-47(44)57(48)38-23-9-3-10-24-38/h1-35H. The molecule has 5 heteroatoms. The van der Waals surface area contributed by atoms with Gasteiger partial charge in [-0.05, 0) is 101 Å². The van der Waals surface area contributed by atoms with Crippen molar-refractivity contribution in [3.8, 4) is 0 Å². The van der Waals surface area contributed by atoms with Crippen molar-refractivity contribution >= 4 is 112 Å². The Labute approximate surface area is 342 Å². The Kier molecular flexibility index (Phi) is 6.78. The van der Waals surface area contributed by atoms with Gasteiger partial charge in [-0.25, -0.2) is 0 Å². The molecule has 0 saturated carbocycles. The minimum absolute atomic E-state index is 0.0425. The van der Waals surface area contributed by atoms with Crippen molar-refractivity contribution in [2.45, 2.75) is 0 Å². The first-order chi connectivity index (χ1) is 29.3. The van der Waals surface area contributed by atoms with Gasteiger partial charge < -0.3 is 19.1 Å². The minimum atomic E-state index is -0.0425. The summed E-state index contributed by atoms with van der Waals surface area (Å²) in [5, 5.41) is 5.16. The van der Waals surface area contributed by atoms with Crippen LogP contribution in [-0.2, 0) is 0 Å². The zero-order valence-corrected chi connectivity index (χ0v) is 32.1. The maximum Gasteiger partial charge on any atom is 0.253 e. The summed E-state index contributed by atoms with van der Waals surface area (Å²) in [6.07, 6.45) is 0. The predicted molar refractivity (Wildman–Crippen MR) is 250 cm³/mol. The van der Waals surface area contributed by atoms with Gasteiger partial charge in [-0.1, -0.05) is 127 Å².